The number of methoxy groups -OCH3 is 1. The van der Waals surface area contributed by atoms with Crippen molar-refractivity contribution in [3.05, 3.63) is 72.2 Å². The zero-order valence-electron chi connectivity index (χ0n) is 17.5. The lowest BCUT2D eigenvalue weighted by Gasteiger charge is -2.10. The van der Waals surface area contributed by atoms with Crippen LogP contribution >= 0.6 is 0 Å². The van der Waals surface area contributed by atoms with Gasteiger partial charge in [0.1, 0.15) is 17.2 Å². The molecule has 0 fully saturated rings. The van der Waals surface area contributed by atoms with Gasteiger partial charge >= 0.3 is 6.01 Å². The Labute approximate surface area is 179 Å². The summed E-state index contributed by atoms with van der Waals surface area (Å²) in [5, 5.41) is 11.1. The van der Waals surface area contributed by atoms with E-state index in [1.165, 1.54) is 19.2 Å². The maximum Gasteiger partial charge on any atom is 0.316 e. The monoisotopic (exact) mass is 419 g/mol. The van der Waals surface area contributed by atoms with E-state index < -0.39 is 0 Å². The Morgan fingerprint density at radius 1 is 0.968 bits per heavy atom. The molecule has 0 unspecified atom stereocenters. The molecular weight excluding hydrogens is 397 g/mol. The van der Waals surface area contributed by atoms with Gasteiger partial charge in [-0.1, -0.05) is 24.3 Å². The Balaban J connectivity index is 1.86. The smallest absolute Gasteiger partial charge is 0.316 e. The molecule has 2 aromatic carbocycles. The van der Waals surface area contributed by atoms with Gasteiger partial charge in [0.25, 0.3) is 0 Å². The minimum atomic E-state index is -0.353. The zero-order valence-corrected chi connectivity index (χ0v) is 17.5. The molecule has 0 aliphatic rings. The van der Waals surface area contributed by atoms with Gasteiger partial charge < -0.3 is 14.8 Å². The summed E-state index contributed by atoms with van der Waals surface area (Å²) in [6, 6.07) is 15.6. The molecule has 7 nitrogen and oxygen atoms in total. The first-order valence-electron chi connectivity index (χ1n) is 9.65. The standard InChI is InChI=1S/C23H22FN5O2/c1-28(2)14-15-4-6-17(7-5-15)22-27-20(16-8-10-18(24)11-9-16)21(29(22)30)19-12-13-25-23(26-19)31-3/h4-13,30H,14H2,1-3H3. The molecule has 0 atom stereocenters. The van der Waals surface area contributed by atoms with E-state index in [4.69, 9.17) is 4.74 Å². The second-order valence-corrected chi connectivity index (χ2v) is 7.31. The second kappa shape index (κ2) is 8.53. The number of nitrogens with zero attached hydrogens (tertiary/aromatic N) is 5. The molecule has 8 heteroatoms. The van der Waals surface area contributed by atoms with Gasteiger partial charge in [0.05, 0.1) is 12.8 Å². The molecule has 4 rings (SSSR count). The Morgan fingerprint density at radius 2 is 1.65 bits per heavy atom. The van der Waals surface area contributed by atoms with Gasteiger partial charge in [-0.3, -0.25) is 0 Å². The summed E-state index contributed by atoms with van der Waals surface area (Å²) < 4.78 is 19.6. The molecule has 0 bridgehead atoms. The summed E-state index contributed by atoms with van der Waals surface area (Å²) in [4.78, 5) is 15.1. The molecular formula is C23H22FN5O2. The topological polar surface area (TPSA) is 76.3 Å². The number of rotatable bonds is 6. The molecule has 4 aromatic rings. The molecule has 158 valence electrons. The van der Waals surface area contributed by atoms with Crippen molar-refractivity contribution >= 4 is 0 Å². The number of hydrogen-bond acceptors (Lipinski definition) is 6. The Hall–Kier alpha value is -3.78. The van der Waals surface area contributed by atoms with Gasteiger partial charge in [-0.25, -0.2) is 14.4 Å². The molecule has 2 aromatic heterocycles. The van der Waals surface area contributed by atoms with E-state index in [1.807, 2.05) is 38.4 Å². The van der Waals surface area contributed by atoms with Crippen LogP contribution in [0.25, 0.3) is 34.0 Å². The molecule has 0 aliphatic carbocycles. The van der Waals surface area contributed by atoms with Crippen LogP contribution in [-0.2, 0) is 6.54 Å². The maximum absolute atomic E-state index is 13.5. The van der Waals surface area contributed by atoms with Crippen LogP contribution in [0.1, 0.15) is 5.56 Å². The van der Waals surface area contributed by atoms with Gasteiger partial charge in [-0.15, -0.1) is 0 Å². The van der Waals surface area contributed by atoms with E-state index in [0.29, 0.717) is 28.5 Å². The first kappa shape index (κ1) is 20.5. The molecule has 1 N–H and O–H groups in total. The molecule has 31 heavy (non-hydrogen) atoms. The minimum Gasteiger partial charge on any atom is -0.467 e. The molecule has 0 amide bonds. The first-order chi connectivity index (χ1) is 15.0. The van der Waals surface area contributed by atoms with Crippen molar-refractivity contribution in [2.75, 3.05) is 21.2 Å². The second-order valence-electron chi connectivity index (χ2n) is 7.31. The van der Waals surface area contributed by atoms with E-state index in [0.717, 1.165) is 22.4 Å². The number of ether oxygens (including phenoxy) is 1. The predicted molar refractivity (Wildman–Crippen MR) is 115 cm³/mol. The third-order valence-electron chi connectivity index (χ3n) is 4.74. The summed E-state index contributed by atoms with van der Waals surface area (Å²) in [5.41, 5.74) is 3.78. The highest BCUT2D eigenvalue weighted by molar-refractivity contribution is 5.80. The summed E-state index contributed by atoms with van der Waals surface area (Å²) in [5.74, 6) is -0.00236. The number of imidazole rings is 1. The Bertz CT molecular complexity index is 1190. The van der Waals surface area contributed by atoms with Crippen LogP contribution in [0.15, 0.2) is 60.8 Å². The highest BCUT2D eigenvalue weighted by Crippen LogP contribution is 2.35. The fraction of sp³-hybridized carbons (Fsp3) is 0.174. The van der Waals surface area contributed by atoms with Gasteiger partial charge in [0, 0.05) is 23.9 Å². The van der Waals surface area contributed by atoms with Crippen molar-refractivity contribution in [1.82, 2.24) is 24.6 Å². The van der Waals surface area contributed by atoms with E-state index in [1.54, 1.807) is 24.4 Å². The van der Waals surface area contributed by atoms with Crippen molar-refractivity contribution in [2.24, 2.45) is 0 Å². The summed E-state index contributed by atoms with van der Waals surface area (Å²) >= 11 is 0. The summed E-state index contributed by atoms with van der Waals surface area (Å²) in [7, 11) is 5.48. The number of halogens is 1. The highest BCUT2D eigenvalue weighted by Gasteiger charge is 2.22. The highest BCUT2D eigenvalue weighted by atomic mass is 19.1. The number of benzene rings is 2. The van der Waals surface area contributed by atoms with Crippen LogP contribution in [0.4, 0.5) is 4.39 Å². The zero-order chi connectivity index (χ0) is 22.0. The van der Waals surface area contributed by atoms with Gasteiger partial charge in [0.2, 0.25) is 0 Å². The largest absolute Gasteiger partial charge is 0.467 e. The first-order valence-corrected chi connectivity index (χ1v) is 9.65. The lowest BCUT2D eigenvalue weighted by atomic mass is 10.1. The van der Waals surface area contributed by atoms with E-state index in [-0.39, 0.29) is 11.8 Å². The van der Waals surface area contributed by atoms with Gasteiger partial charge in [-0.05, 0) is 50.0 Å². The lowest BCUT2D eigenvalue weighted by molar-refractivity contribution is 0.195. The number of aromatic nitrogens is 4. The van der Waals surface area contributed by atoms with Gasteiger partial charge in [-0.2, -0.15) is 9.71 Å². The molecule has 2 heterocycles. The third kappa shape index (κ3) is 4.24. The summed E-state index contributed by atoms with van der Waals surface area (Å²) in [6.07, 6.45) is 1.54. The number of hydrogen-bond donors (Lipinski definition) is 1. The van der Waals surface area contributed by atoms with Crippen molar-refractivity contribution in [3.63, 3.8) is 0 Å². The molecule has 0 spiro atoms. The lowest BCUT2D eigenvalue weighted by Crippen LogP contribution is -2.10. The van der Waals surface area contributed by atoms with E-state index >= 15 is 0 Å². The van der Waals surface area contributed by atoms with Crippen LogP contribution in [0.5, 0.6) is 6.01 Å². The van der Waals surface area contributed by atoms with Crippen molar-refractivity contribution in [2.45, 2.75) is 6.54 Å². The fourth-order valence-electron chi connectivity index (χ4n) is 3.33. The average Bonchev–Trinajstić information content (AvgIpc) is 3.11. The van der Waals surface area contributed by atoms with Crippen molar-refractivity contribution in [1.29, 1.82) is 0 Å². The van der Waals surface area contributed by atoms with Crippen LogP contribution in [-0.4, -0.2) is 51.0 Å². The quantitative estimate of drug-likeness (QED) is 0.474. The van der Waals surface area contributed by atoms with Crippen LogP contribution in [0, 0.1) is 5.82 Å². The normalized spacial score (nSPS) is 11.1. The van der Waals surface area contributed by atoms with Gasteiger partial charge in [0.15, 0.2) is 5.82 Å². The Kier molecular flexibility index (Phi) is 5.64. The van der Waals surface area contributed by atoms with Crippen molar-refractivity contribution < 1.29 is 14.3 Å². The predicted octanol–water partition coefficient (Wildman–Crippen LogP) is 4.12. The molecule has 0 aliphatic heterocycles. The molecule has 0 radical (unpaired) electrons. The van der Waals surface area contributed by atoms with E-state index in [9.17, 15) is 9.60 Å². The minimum absolute atomic E-state index is 0.165. The SMILES string of the molecule is COc1nccc(-c2c(-c3ccc(F)cc3)nc(-c3ccc(CN(C)C)cc3)n2O)n1. The van der Waals surface area contributed by atoms with Crippen LogP contribution in [0.3, 0.4) is 0 Å². The van der Waals surface area contributed by atoms with Crippen LogP contribution < -0.4 is 4.74 Å². The molecule has 0 saturated heterocycles. The summed E-state index contributed by atoms with van der Waals surface area (Å²) in [6.45, 7) is 0.806. The van der Waals surface area contributed by atoms with Crippen molar-refractivity contribution in [3.8, 4) is 40.0 Å². The maximum atomic E-state index is 13.5. The Morgan fingerprint density at radius 3 is 2.29 bits per heavy atom. The average molecular weight is 419 g/mol. The van der Waals surface area contributed by atoms with E-state index in [2.05, 4.69) is 19.9 Å². The van der Waals surface area contributed by atoms with Crippen LogP contribution in [0.2, 0.25) is 0 Å². The third-order valence-corrected chi connectivity index (χ3v) is 4.74. The molecule has 0 saturated carbocycles. The fourth-order valence-corrected chi connectivity index (χ4v) is 3.33.